The van der Waals surface area contributed by atoms with E-state index < -0.39 is 0 Å². The molecule has 0 aliphatic carbocycles. The number of aryl methyl sites for hydroxylation is 1. The van der Waals surface area contributed by atoms with Gasteiger partial charge in [0.2, 0.25) is 0 Å². The first-order valence-corrected chi connectivity index (χ1v) is 6.93. The Morgan fingerprint density at radius 2 is 2.05 bits per heavy atom. The molecule has 0 amide bonds. The minimum absolute atomic E-state index is 0.197. The summed E-state index contributed by atoms with van der Waals surface area (Å²) in [6.07, 6.45) is 2.45. The van der Waals surface area contributed by atoms with Crippen LogP contribution in [0.3, 0.4) is 0 Å². The van der Waals surface area contributed by atoms with Crippen LogP contribution in [0.4, 0.5) is 0 Å². The van der Waals surface area contributed by atoms with Crippen LogP contribution in [0.1, 0.15) is 29.6 Å². The molecule has 1 aliphatic rings. The first-order valence-electron chi connectivity index (χ1n) is 6.55. The third kappa shape index (κ3) is 2.51. The molecule has 5 heteroatoms. The van der Waals surface area contributed by atoms with Gasteiger partial charge in [-0.1, -0.05) is 23.7 Å². The average Bonchev–Trinajstić information content (AvgIpc) is 2.98. The molecule has 4 nitrogen and oxygen atoms in total. The number of aromatic nitrogens is 3. The molecular weight excluding hydrogens is 262 g/mol. The lowest BCUT2D eigenvalue weighted by Crippen LogP contribution is -2.06. The fraction of sp³-hybridized carbons (Fsp3) is 0.429. The molecule has 1 aromatic carbocycles. The van der Waals surface area contributed by atoms with Crippen LogP contribution in [0.15, 0.2) is 24.3 Å². The topological polar surface area (TPSA) is 50.9 Å². The largest absolute Gasteiger partial charge is 0.396 e. The summed E-state index contributed by atoms with van der Waals surface area (Å²) in [5.41, 5.74) is 1.29. The Kier molecular flexibility index (Phi) is 3.53. The minimum atomic E-state index is 0.197. The summed E-state index contributed by atoms with van der Waals surface area (Å²) in [4.78, 5) is 0. The van der Waals surface area contributed by atoms with Crippen molar-refractivity contribution in [3.63, 3.8) is 0 Å². The fourth-order valence-corrected chi connectivity index (χ4v) is 2.75. The lowest BCUT2D eigenvalue weighted by Gasteiger charge is -2.10. The summed E-state index contributed by atoms with van der Waals surface area (Å²) in [5, 5.41) is 18.1. The van der Waals surface area contributed by atoms with Gasteiger partial charge >= 0.3 is 0 Å². The summed E-state index contributed by atoms with van der Waals surface area (Å²) in [6.45, 7) is 1.12. The van der Waals surface area contributed by atoms with E-state index in [9.17, 15) is 0 Å². The summed E-state index contributed by atoms with van der Waals surface area (Å²) < 4.78 is 2.19. The number of fused-ring (bicyclic) bond motifs is 1. The standard InChI is InChI=1S/C14H16ClN3O/c15-12-5-3-10(4-6-12)11-8-14-17-16-13(2-1-7-19)18(14)9-11/h3-6,11,19H,1-2,7-9H2. The van der Waals surface area contributed by atoms with Gasteiger partial charge in [-0.25, -0.2) is 0 Å². The molecule has 2 heterocycles. The van der Waals surface area contributed by atoms with Crippen LogP contribution in [0, 0.1) is 0 Å². The molecule has 1 aromatic heterocycles. The van der Waals surface area contributed by atoms with Crippen LogP contribution in [-0.4, -0.2) is 26.5 Å². The van der Waals surface area contributed by atoms with E-state index in [0.29, 0.717) is 5.92 Å². The Morgan fingerprint density at radius 1 is 1.26 bits per heavy atom. The number of hydrogen-bond acceptors (Lipinski definition) is 3. The molecule has 0 saturated heterocycles. The van der Waals surface area contributed by atoms with E-state index >= 15 is 0 Å². The molecule has 2 aromatic rings. The zero-order valence-electron chi connectivity index (χ0n) is 10.6. The first kappa shape index (κ1) is 12.6. The summed E-state index contributed by atoms with van der Waals surface area (Å²) in [7, 11) is 0. The van der Waals surface area contributed by atoms with E-state index in [1.54, 1.807) is 0 Å². The van der Waals surface area contributed by atoms with Crippen molar-refractivity contribution in [2.45, 2.75) is 31.7 Å². The molecule has 3 rings (SSSR count). The lowest BCUT2D eigenvalue weighted by molar-refractivity contribution is 0.287. The average molecular weight is 278 g/mol. The van der Waals surface area contributed by atoms with Gasteiger partial charge in [0.25, 0.3) is 0 Å². The fourth-order valence-electron chi connectivity index (χ4n) is 2.62. The second-order valence-electron chi connectivity index (χ2n) is 4.92. The van der Waals surface area contributed by atoms with Gasteiger partial charge in [-0.05, 0) is 24.1 Å². The molecule has 0 radical (unpaired) electrons. The van der Waals surface area contributed by atoms with Crippen LogP contribution >= 0.6 is 11.6 Å². The Hall–Kier alpha value is -1.39. The third-order valence-electron chi connectivity index (χ3n) is 3.64. The summed E-state index contributed by atoms with van der Waals surface area (Å²) in [5.74, 6) is 2.49. The van der Waals surface area contributed by atoms with Crippen molar-refractivity contribution in [1.82, 2.24) is 14.8 Å². The van der Waals surface area contributed by atoms with Crippen molar-refractivity contribution in [3.05, 3.63) is 46.5 Å². The Balaban J connectivity index is 1.76. The Bertz CT molecular complexity index is 565. The van der Waals surface area contributed by atoms with Crippen molar-refractivity contribution in [1.29, 1.82) is 0 Å². The number of aliphatic hydroxyl groups is 1. The van der Waals surface area contributed by atoms with E-state index in [-0.39, 0.29) is 6.61 Å². The van der Waals surface area contributed by atoms with Crippen molar-refractivity contribution in [3.8, 4) is 0 Å². The minimum Gasteiger partial charge on any atom is -0.396 e. The number of halogens is 1. The van der Waals surface area contributed by atoms with Crippen molar-refractivity contribution in [2.75, 3.05) is 6.61 Å². The predicted octanol–water partition coefficient (Wildman–Crippen LogP) is 2.20. The monoisotopic (exact) mass is 277 g/mol. The lowest BCUT2D eigenvalue weighted by atomic mass is 9.98. The van der Waals surface area contributed by atoms with E-state index in [2.05, 4.69) is 26.9 Å². The molecule has 0 spiro atoms. The molecule has 100 valence electrons. The van der Waals surface area contributed by atoms with Gasteiger partial charge in [0.05, 0.1) is 0 Å². The first-order chi connectivity index (χ1) is 9.28. The van der Waals surface area contributed by atoms with Gasteiger partial charge in [-0.15, -0.1) is 10.2 Å². The molecule has 1 aliphatic heterocycles. The Morgan fingerprint density at radius 3 is 2.79 bits per heavy atom. The number of hydrogen-bond donors (Lipinski definition) is 1. The smallest absolute Gasteiger partial charge is 0.133 e. The van der Waals surface area contributed by atoms with Crippen LogP contribution in [0.5, 0.6) is 0 Å². The highest BCUT2D eigenvalue weighted by atomic mass is 35.5. The van der Waals surface area contributed by atoms with Gasteiger partial charge < -0.3 is 9.67 Å². The highest BCUT2D eigenvalue weighted by molar-refractivity contribution is 6.30. The Labute approximate surface area is 117 Å². The molecular formula is C14H16ClN3O. The zero-order valence-corrected chi connectivity index (χ0v) is 11.3. The number of aliphatic hydroxyl groups excluding tert-OH is 1. The van der Waals surface area contributed by atoms with Crippen LogP contribution in [-0.2, 0) is 19.4 Å². The van der Waals surface area contributed by atoms with Gasteiger partial charge in [0, 0.05) is 36.9 Å². The number of rotatable bonds is 4. The SMILES string of the molecule is OCCCc1nnc2n1CC(c1ccc(Cl)cc1)C2. The molecule has 19 heavy (non-hydrogen) atoms. The zero-order chi connectivity index (χ0) is 13.2. The predicted molar refractivity (Wildman–Crippen MR) is 73.3 cm³/mol. The van der Waals surface area contributed by atoms with Gasteiger partial charge in [-0.2, -0.15) is 0 Å². The summed E-state index contributed by atoms with van der Waals surface area (Å²) >= 11 is 5.92. The van der Waals surface area contributed by atoms with Crippen LogP contribution < -0.4 is 0 Å². The highest BCUT2D eigenvalue weighted by Crippen LogP contribution is 2.30. The normalized spacial score (nSPS) is 17.7. The van der Waals surface area contributed by atoms with E-state index in [1.807, 2.05) is 12.1 Å². The quantitative estimate of drug-likeness (QED) is 0.932. The van der Waals surface area contributed by atoms with Crippen molar-refractivity contribution in [2.24, 2.45) is 0 Å². The molecule has 1 atom stereocenters. The molecule has 1 unspecified atom stereocenters. The van der Waals surface area contributed by atoms with Gasteiger partial charge in [0.1, 0.15) is 11.6 Å². The number of benzene rings is 1. The van der Waals surface area contributed by atoms with Crippen LogP contribution in [0.25, 0.3) is 0 Å². The summed E-state index contributed by atoms with van der Waals surface area (Å²) in [6, 6.07) is 8.03. The van der Waals surface area contributed by atoms with Crippen LogP contribution in [0.2, 0.25) is 5.02 Å². The maximum absolute atomic E-state index is 8.90. The van der Waals surface area contributed by atoms with Gasteiger partial charge in [0.15, 0.2) is 0 Å². The molecule has 0 bridgehead atoms. The van der Waals surface area contributed by atoms with Crippen molar-refractivity contribution < 1.29 is 5.11 Å². The second-order valence-corrected chi connectivity index (χ2v) is 5.36. The molecule has 0 saturated carbocycles. The maximum Gasteiger partial charge on any atom is 0.133 e. The third-order valence-corrected chi connectivity index (χ3v) is 3.89. The molecule has 1 N–H and O–H groups in total. The number of nitrogens with zero attached hydrogens (tertiary/aromatic N) is 3. The second kappa shape index (κ2) is 5.31. The van der Waals surface area contributed by atoms with E-state index in [1.165, 1.54) is 5.56 Å². The van der Waals surface area contributed by atoms with Crippen molar-refractivity contribution >= 4 is 11.6 Å². The molecule has 0 fully saturated rings. The maximum atomic E-state index is 8.90. The highest BCUT2D eigenvalue weighted by Gasteiger charge is 2.26. The van der Waals surface area contributed by atoms with Gasteiger partial charge in [-0.3, -0.25) is 0 Å². The van der Waals surface area contributed by atoms with E-state index in [4.69, 9.17) is 16.7 Å². The van der Waals surface area contributed by atoms with E-state index in [0.717, 1.165) is 42.5 Å².